The number of rotatable bonds is 7. The predicted octanol–water partition coefficient (Wildman–Crippen LogP) is 2.46. The van der Waals surface area contributed by atoms with Crippen LogP contribution in [-0.4, -0.2) is 32.3 Å². The molecule has 0 saturated carbocycles. The fourth-order valence-corrected chi connectivity index (χ4v) is 3.29. The van der Waals surface area contributed by atoms with Crippen molar-refractivity contribution in [1.82, 2.24) is 9.62 Å². The van der Waals surface area contributed by atoms with Crippen LogP contribution in [0.2, 0.25) is 0 Å². The molecule has 2 rings (SSSR count). The Bertz CT molecular complexity index is 818. The maximum Gasteiger partial charge on any atom is 0.240 e. The van der Waals surface area contributed by atoms with E-state index in [0.717, 1.165) is 23.3 Å². The second kappa shape index (κ2) is 8.22. The molecule has 1 amide bonds. The van der Waals surface area contributed by atoms with Gasteiger partial charge in [0.2, 0.25) is 15.9 Å². The molecule has 5 nitrogen and oxygen atoms in total. The standard InChI is InChI=1S/C18H21FN2O3S/c1-14-3-5-16(6-4-14)13-21(15(2)22)12-11-20-25(23,24)18-9-7-17(19)8-10-18/h3-10,20H,11-13H2,1-2H3. The van der Waals surface area contributed by atoms with Crippen LogP contribution in [-0.2, 0) is 21.4 Å². The highest BCUT2D eigenvalue weighted by Crippen LogP contribution is 2.10. The minimum atomic E-state index is -3.73. The average Bonchev–Trinajstić information content (AvgIpc) is 2.56. The zero-order valence-electron chi connectivity index (χ0n) is 14.2. The highest BCUT2D eigenvalue weighted by molar-refractivity contribution is 7.89. The third-order valence-corrected chi connectivity index (χ3v) is 5.21. The van der Waals surface area contributed by atoms with E-state index >= 15 is 0 Å². The van der Waals surface area contributed by atoms with E-state index in [9.17, 15) is 17.6 Å². The molecular formula is C18H21FN2O3S. The molecule has 0 radical (unpaired) electrons. The molecule has 1 N–H and O–H groups in total. The monoisotopic (exact) mass is 364 g/mol. The largest absolute Gasteiger partial charge is 0.337 e. The first-order chi connectivity index (χ1) is 11.8. The van der Waals surface area contributed by atoms with Gasteiger partial charge in [0.25, 0.3) is 0 Å². The SMILES string of the molecule is CC(=O)N(CCNS(=O)(=O)c1ccc(F)cc1)Cc1ccc(C)cc1. The molecule has 25 heavy (non-hydrogen) atoms. The Labute approximate surface area is 147 Å². The molecule has 0 saturated heterocycles. The van der Waals surface area contributed by atoms with Crippen molar-refractivity contribution in [2.45, 2.75) is 25.3 Å². The molecular weight excluding hydrogens is 343 g/mol. The molecule has 2 aromatic rings. The first-order valence-corrected chi connectivity index (χ1v) is 9.32. The minimum absolute atomic E-state index is 0.0122. The summed E-state index contributed by atoms with van der Waals surface area (Å²) in [5.41, 5.74) is 2.10. The molecule has 0 heterocycles. The number of nitrogens with zero attached hydrogens (tertiary/aromatic N) is 1. The van der Waals surface area contributed by atoms with Crippen molar-refractivity contribution in [2.75, 3.05) is 13.1 Å². The molecule has 0 aliphatic carbocycles. The number of carbonyl (C=O) groups excluding carboxylic acids is 1. The lowest BCUT2D eigenvalue weighted by Gasteiger charge is -2.21. The van der Waals surface area contributed by atoms with Gasteiger partial charge in [0, 0.05) is 26.6 Å². The molecule has 0 aromatic heterocycles. The van der Waals surface area contributed by atoms with Crippen LogP contribution in [0, 0.1) is 12.7 Å². The fraction of sp³-hybridized carbons (Fsp3) is 0.278. The van der Waals surface area contributed by atoms with Gasteiger partial charge in [-0.3, -0.25) is 4.79 Å². The Kier molecular flexibility index (Phi) is 6.27. The minimum Gasteiger partial charge on any atom is -0.337 e. The van der Waals surface area contributed by atoms with E-state index in [1.165, 1.54) is 19.1 Å². The molecule has 134 valence electrons. The summed E-state index contributed by atoms with van der Waals surface area (Å²) in [6.45, 7) is 4.15. The quantitative estimate of drug-likeness (QED) is 0.821. The second-order valence-corrected chi connectivity index (χ2v) is 7.54. The highest BCUT2D eigenvalue weighted by atomic mass is 32.2. The van der Waals surface area contributed by atoms with Gasteiger partial charge in [-0.1, -0.05) is 29.8 Å². The Balaban J connectivity index is 1.95. The van der Waals surface area contributed by atoms with E-state index in [1.54, 1.807) is 4.90 Å². The summed E-state index contributed by atoms with van der Waals surface area (Å²) in [5.74, 6) is -0.638. The number of aryl methyl sites for hydroxylation is 1. The van der Waals surface area contributed by atoms with Crippen LogP contribution >= 0.6 is 0 Å². The molecule has 7 heteroatoms. The van der Waals surface area contributed by atoms with Gasteiger partial charge in [-0.15, -0.1) is 0 Å². The van der Waals surface area contributed by atoms with E-state index < -0.39 is 15.8 Å². The lowest BCUT2D eigenvalue weighted by Crippen LogP contribution is -2.37. The Hall–Kier alpha value is -2.25. The summed E-state index contributed by atoms with van der Waals surface area (Å²) >= 11 is 0. The lowest BCUT2D eigenvalue weighted by atomic mass is 10.1. The van der Waals surface area contributed by atoms with Crippen LogP contribution in [0.3, 0.4) is 0 Å². The van der Waals surface area contributed by atoms with Crippen LogP contribution in [0.1, 0.15) is 18.1 Å². The van der Waals surface area contributed by atoms with Gasteiger partial charge in [0.05, 0.1) is 4.90 Å². The molecule has 2 aromatic carbocycles. The molecule has 0 aliphatic rings. The summed E-state index contributed by atoms with van der Waals surface area (Å²) in [4.78, 5) is 13.3. The van der Waals surface area contributed by atoms with Crippen molar-refractivity contribution < 1.29 is 17.6 Å². The number of halogens is 1. The Morgan fingerprint density at radius 1 is 1.08 bits per heavy atom. The number of carbonyl (C=O) groups is 1. The molecule has 0 atom stereocenters. The number of sulfonamides is 1. The number of hydrogen-bond acceptors (Lipinski definition) is 3. The van der Waals surface area contributed by atoms with E-state index in [-0.39, 0.29) is 23.9 Å². The van der Waals surface area contributed by atoms with Gasteiger partial charge >= 0.3 is 0 Å². The van der Waals surface area contributed by atoms with Crippen molar-refractivity contribution >= 4 is 15.9 Å². The maximum atomic E-state index is 12.9. The summed E-state index contributed by atoms with van der Waals surface area (Å²) in [7, 11) is -3.73. The highest BCUT2D eigenvalue weighted by Gasteiger charge is 2.15. The van der Waals surface area contributed by atoms with Crippen molar-refractivity contribution in [2.24, 2.45) is 0 Å². The number of benzene rings is 2. The average molecular weight is 364 g/mol. The molecule has 0 unspecified atom stereocenters. The first kappa shape index (κ1) is 19.1. The van der Waals surface area contributed by atoms with Gasteiger partial charge < -0.3 is 4.90 Å². The molecule has 0 bridgehead atoms. The summed E-state index contributed by atoms with van der Waals surface area (Å²) in [5, 5.41) is 0. The van der Waals surface area contributed by atoms with Crippen LogP contribution in [0.15, 0.2) is 53.4 Å². The van der Waals surface area contributed by atoms with E-state index in [0.29, 0.717) is 6.54 Å². The zero-order chi connectivity index (χ0) is 18.4. The zero-order valence-corrected chi connectivity index (χ0v) is 15.0. The number of hydrogen-bond donors (Lipinski definition) is 1. The number of amides is 1. The Morgan fingerprint density at radius 2 is 1.68 bits per heavy atom. The number of nitrogens with one attached hydrogen (secondary N) is 1. The van der Waals surface area contributed by atoms with Gasteiger partial charge in [0.1, 0.15) is 5.82 Å². The van der Waals surface area contributed by atoms with Crippen LogP contribution < -0.4 is 4.72 Å². The summed E-state index contributed by atoms with van der Waals surface area (Å²) in [6, 6.07) is 12.4. The van der Waals surface area contributed by atoms with Crippen molar-refractivity contribution in [3.05, 3.63) is 65.5 Å². The summed E-state index contributed by atoms with van der Waals surface area (Å²) < 4.78 is 39.6. The van der Waals surface area contributed by atoms with E-state index in [4.69, 9.17) is 0 Å². The van der Waals surface area contributed by atoms with Crippen LogP contribution in [0.4, 0.5) is 4.39 Å². The maximum absolute atomic E-state index is 12.9. The van der Waals surface area contributed by atoms with Gasteiger partial charge in [0.15, 0.2) is 0 Å². The Morgan fingerprint density at radius 3 is 2.24 bits per heavy atom. The third kappa shape index (κ3) is 5.65. The first-order valence-electron chi connectivity index (χ1n) is 7.84. The molecule has 0 fully saturated rings. The van der Waals surface area contributed by atoms with Gasteiger partial charge in [-0.05, 0) is 36.8 Å². The van der Waals surface area contributed by atoms with Gasteiger partial charge in [-0.2, -0.15) is 0 Å². The van der Waals surface area contributed by atoms with Gasteiger partial charge in [-0.25, -0.2) is 17.5 Å². The normalized spacial score (nSPS) is 11.3. The fourth-order valence-electron chi connectivity index (χ4n) is 2.27. The lowest BCUT2D eigenvalue weighted by molar-refractivity contribution is -0.129. The molecule has 0 aliphatic heterocycles. The topological polar surface area (TPSA) is 66.5 Å². The van der Waals surface area contributed by atoms with E-state index in [2.05, 4.69) is 4.72 Å². The smallest absolute Gasteiger partial charge is 0.240 e. The van der Waals surface area contributed by atoms with E-state index in [1.807, 2.05) is 31.2 Å². The predicted molar refractivity (Wildman–Crippen MR) is 93.9 cm³/mol. The van der Waals surface area contributed by atoms with Crippen LogP contribution in [0.25, 0.3) is 0 Å². The van der Waals surface area contributed by atoms with Crippen molar-refractivity contribution in [1.29, 1.82) is 0 Å². The molecule has 0 spiro atoms. The second-order valence-electron chi connectivity index (χ2n) is 5.78. The van der Waals surface area contributed by atoms with Crippen molar-refractivity contribution in [3.8, 4) is 0 Å². The summed E-state index contributed by atoms with van der Waals surface area (Å²) in [6.07, 6.45) is 0. The van der Waals surface area contributed by atoms with Crippen LogP contribution in [0.5, 0.6) is 0 Å². The van der Waals surface area contributed by atoms with Crippen molar-refractivity contribution in [3.63, 3.8) is 0 Å². The third-order valence-electron chi connectivity index (χ3n) is 3.74.